The second-order valence-corrected chi connectivity index (χ2v) is 4.17. The maximum Gasteiger partial charge on any atom is 0.224 e. The molecule has 0 radical (unpaired) electrons. The highest BCUT2D eigenvalue weighted by atomic mass is 16.3. The molecule has 1 aliphatic rings. The molecule has 4 heteroatoms. The Morgan fingerprint density at radius 3 is 2.62 bits per heavy atom. The highest BCUT2D eigenvalue weighted by molar-refractivity contribution is 5.79. The minimum Gasteiger partial charge on any atom is -0.392 e. The van der Waals surface area contributed by atoms with Crippen molar-refractivity contribution in [3.63, 3.8) is 0 Å². The predicted molar refractivity (Wildman–Crippen MR) is 60.4 cm³/mol. The number of likely N-dealkylation sites (tertiary alicyclic amines) is 1. The van der Waals surface area contributed by atoms with Gasteiger partial charge in [-0.2, -0.15) is 0 Å². The largest absolute Gasteiger partial charge is 0.392 e. The molecule has 2 rings (SSSR count). The number of nitrogens with zero attached hydrogens (tertiary/aromatic N) is 1. The molecule has 0 aliphatic carbocycles. The Bertz CT molecular complexity index is 392. The summed E-state index contributed by atoms with van der Waals surface area (Å²) in [6, 6.07) is 7.55. The van der Waals surface area contributed by atoms with Gasteiger partial charge < -0.3 is 15.7 Å². The topological polar surface area (TPSA) is 66.6 Å². The molecule has 1 amide bonds. The Balaban J connectivity index is 2.12. The van der Waals surface area contributed by atoms with Crippen molar-refractivity contribution in [3.8, 4) is 0 Å². The minimum absolute atomic E-state index is 0.00422. The van der Waals surface area contributed by atoms with Gasteiger partial charge in [0.2, 0.25) is 5.91 Å². The van der Waals surface area contributed by atoms with Gasteiger partial charge in [-0.05, 0) is 11.1 Å². The van der Waals surface area contributed by atoms with E-state index in [1.54, 1.807) is 4.90 Å². The number of rotatable bonds is 3. The number of amides is 1. The van der Waals surface area contributed by atoms with Crippen molar-refractivity contribution in [2.45, 2.75) is 25.6 Å². The average Bonchev–Trinajstić information content (AvgIpc) is 2.58. The van der Waals surface area contributed by atoms with E-state index >= 15 is 0 Å². The van der Waals surface area contributed by atoms with E-state index in [1.807, 2.05) is 24.3 Å². The van der Waals surface area contributed by atoms with Gasteiger partial charge in [0.25, 0.3) is 0 Å². The highest BCUT2D eigenvalue weighted by Crippen LogP contribution is 2.16. The van der Waals surface area contributed by atoms with Crippen LogP contribution in [-0.4, -0.2) is 28.5 Å². The number of aliphatic hydroxyl groups is 1. The molecule has 1 fully saturated rings. The second-order valence-electron chi connectivity index (χ2n) is 4.17. The lowest BCUT2D eigenvalue weighted by Crippen LogP contribution is -2.28. The molecule has 1 aromatic rings. The van der Waals surface area contributed by atoms with E-state index in [-0.39, 0.29) is 18.6 Å². The Morgan fingerprint density at radius 1 is 1.38 bits per heavy atom. The van der Waals surface area contributed by atoms with Crippen LogP contribution in [0.25, 0.3) is 0 Å². The molecule has 0 bridgehead atoms. The van der Waals surface area contributed by atoms with Crippen molar-refractivity contribution in [2.75, 3.05) is 6.54 Å². The van der Waals surface area contributed by atoms with E-state index in [0.29, 0.717) is 19.5 Å². The number of nitrogens with two attached hydrogens (primary N) is 1. The fourth-order valence-corrected chi connectivity index (χ4v) is 2.03. The van der Waals surface area contributed by atoms with Crippen molar-refractivity contribution in [3.05, 3.63) is 35.4 Å². The first-order valence-electron chi connectivity index (χ1n) is 5.41. The van der Waals surface area contributed by atoms with Crippen LogP contribution in [0, 0.1) is 0 Å². The third-order valence-electron chi connectivity index (χ3n) is 2.89. The summed E-state index contributed by atoms with van der Waals surface area (Å²) in [5, 5.41) is 9.18. The Morgan fingerprint density at radius 2 is 2.06 bits per heavy atom. The average molecular weight is 220 g/mol. The minimum atomic E-state index is -0.0474. The normalized spacial score (nSPS) is 20.5. The number of hydrogen-bond donors (Lipinski definition) is 2. The van der Waals surface area contributed by atoms with Gasteiger partial charge in [-0.15, -0.1) is 0 Å². The fourth-order valence-electron chi connectivity index (χ4n) is 2.03. The highest BCUT2D eigenvalue weighted by Gasteiger charge is 2.26. The molecule has 86 valence electrons. The van der Waals surface area contributed by atoms with Gasteiger partial charge in [-0.3, -0.25) is 4.79 Å². The lowest BCUT2D eigenvalue weighted by atomic mass is 10.1. The van der Waals surface area contributed by atoms with Crippen LogP contribution in [0.15, 0.2) is 24.3 Å². The molecule has 0 spiro atoms. The summed E-state index contributed by atoms with van der Waals surface area (Å²) in [7, 11) is 0. The first kappa shape index (κ1) is 11.1. The third-order valence-corrected chi connectivity index (χ3v) is 2.89. The molecule has 1 aliphatic heterocycles. The maximum atomic E-state index is 11.6. The van der Waals surface area contributed by atoms with Gasteiger partial charge in [0, 0.05) is 25.6 Å². The van der Waals surface area contributed by atoms with Crippen molar-refractivity contribution in [1.29, 1.82) is 0 Å². The van der Waals surface area contributed by atoms with Crippen LogP contribution < -0.4 is 5.73 Å². The predicted octanol–water partition coefficient (Wildman–Crippen LogP) is 0.238. The van der Waals surface area contributed by atoms with Crippen molar-refractivity contribution < 1.29 is 9.90 Å². The summed E-state index contributed by atoms with van der Waals surface area (Å²) in [6.45, 7) is 1.16. The van der Waals surface area contributed by atoms with Crippen molar-refractivity contribution in [2.24, 2.45) is 5.73 Å². The second kappa shape index (κ2) is 4.63. The van der Waals surface area contributed by atoms with Gasteiger partial charge in [-0.1, -0.05) is 24.3 Å². The van der Waals surface area contributed by atoms with E-state index in [9.17, 15) is 9.90 Å². The Kier molecular flexibility index (Phi) is 3.22. The molecular formula is C12H16N2O2. The van der Waals surface area contributed by atoms with Crippen molar-refractivity contribution >= 4 is 5.91 Å². The molecule has 16 heavy (non-hydrogen) atoms. The summed E-state index contributed by atoms with van der Waals surface area (Å²) in [6.07, 6.45) is 0.432. The molecule has 0 aromatic heterocycles. The number of carbonyl (C=O) groups excluding carboxylic acids is 1. The fraction of sp³-hybridized carbons (Fsp3) is 0.417. The zero-order chi connectivity index (χ0) is 11.5. The summed E-state index contributed by atoms with van der Waals surface area (Å²) in [5.41, 5.74) is 7.59. The Hall–Kier alpha value is -1.39. The third kappa shape index (κ3) is 2.23. The standard InChI is InChI=1S/C12H16N2O2/c13-11-5-12(16)14(7-11)6-9-3-1-2-4-10(9)8-15/h1-4,11,15H,5-8,13H2. The van der Waals surface area contributed by atoms with Crippen LogP contribution in [0.3, 0.4) is 0 Å². The molecule has 0 saturated carbocycles. The SMILES string of the molecule is NC1CC(=O)N(Cc2ccccc2CO)C1. The van der Waals surface area contributed by atoms with E-state index < -0.39 is 0 Å². The molecule has 1 heterocycles. The molecule has 4 nitrogen and oxygen atoms in total. The van der Waals surface area contributed by atoms with Gasteiger partial charge >= 0.3 is 0 Å². The molecular weight excluding hydrogens is 204 g/mol. The summed E-state index contributed by atoms with van der Waals surface area (Å²) in [4.78, 5) is 13.3. The maximum absolute atomic E-state index is 11.6. The number of carbonyl (C=O) groups is 1. The van der Waals surface area contributed by atoms with Crippen LogP contribution in [0.1, 0.15) is 17.5 Å². The number of aliphatic hydroxyl groups excluding tert-OH is 1. The van der Waals surface area contributed by atoms with Gasteiger partial charge in [0.15, 0.2) is 0 Å². The number of hydrogen-bond acceptors (Lipinski definition) is 3. The van der Waals surface area contributed by atoms with E-state index in [0.717, 1.165) is 11.1 Å². The first-order valence-corrected chi connectivity index (χ1v) is 5.41. The molecule has 3 N–H and O–H groups in total. The quantitative estimate of drug-likeness (QED) is 0.766. The van der Waals surface area contributed by atoms with Crippen LogP contribution in [0.2, 0.25) is 0 Å². The molecule has 1 aromatic carbocycles. The zero-order valence-corrected chi connectivity index (χ0v) is 9.10. The van der Waals surface area contributed by atoms with E-state index in [4.69, 9.17) is 5.73 Å². The Labute approximate surface area is 94.7 Å². The van der Waals surface area contributed by atoms with Crippen LogP contribution in [-0.2, 0) is 17.9 Å². The molecule has 1 saturated heterocycles. The number of benzene rings is 1. The summed E-state index contributed by atoms with van der Waals surface area (Å²) >= 11 is 0. The zero-order valence-electron chi connectivity index (χ0n) is 9.10. The lowest BCUT2D eigenvalue weighted by Gasteiger charge is -2.17. The van der Waals surface area contributed by atoms with E-state index in [1.165, 1.54) is 0 Å². The molecule has 1 atom stereocenters. The molecule has 1 unspecified atom stereocenters. The van der Waals surface area contributed by atoms with Gasteiger partial charge in [-0.25, -0.2) is 0 Å². The van der Waals surface area contributed by atoms with E-state index in [2.05, 4.69) is 0 Å². The smallest absolute Gasteiger partial charge is 0.224 e. The van der Waals surface area contributed by atoms with Gasteiger partial charge in [0.1, 0.15) is 0 Å². The summed E-state index contributed by atoms with van der Waals surface area (Å²) < 4.78 is 0. The van der Waals surface area contributed by atoms with Crippen LogP contribution >= 0.6 is 0 Å². The first-order chi connectivity index (χ1) is 7.70. The van der Waals surface area contributed by atoms with Gasteiger partial charge in [0.05, 0.1) is 6.61 Å². The summed E-state index contributed by atoms with van der Waals surface area (Å²) in [5.74, 6) is 0.0974. The van der Waals surface area contributed by atoms with Crippen LogP contribution in [0.4, 0.5) is 0 Å². The van der Waals surface area contributed by atoms with Crippen molar-refractivity contribution in [1.82, 2.24) is 4.90 Å². The van der Waals surface area contributed by atoms with Crippen LogP contribution in [0.5, 0.6) is 0 Å². The lowest BCUT2D eigenvalue weighted by molar-refractivity contribution is -0.128. The monoisotopic (exact) mass is 220 g/mol.